The third-order valence-corrected chi connectivity index (χ3v) is 3.54. The normalized spacial score (nSPS) is 10.5. The Labute approximate surface area is 165 Å². The minimum absolute atomic E-state index is 0.00352. The molecule has 0 aliphatic rings. The average Bonchev–Trinajstić information content (AvgIpc) is 2.67. The van der Waals surface area contributed by atoms with E-state index in [1.807, 2.05) is 0 Å². The maximum atomic E-state index is 11.4. The van der Waals surface area contributed by atoms with Crippen LogP contribution in [-0.4, -0.2) is 42.4 Å². The third kappa shape index (κ3) is 5.55. The first-order valence-corrected chi connectivity index (χ1v) is 8.38. The first-order valence-electron chi connectivity index (χ1n) is 8.00. The van der Waals surface area contributed by atoms with Crippen LogP contribution < -0.4 is 14.9 Å². The van der Waals surface area contributed by atoms with E-state index in [4.69, 9.17) is 25.8 Å². The van der Waals surface area contributed by atoms with E-state index >= 15 is 0 Å². The molecule has 10 nitrogen and oxygen atoms in total. The zero-order valence-corrected chi connectivity index (χ0v) is 15.8. The molecule has 0 saturated carbocycles. The predicted molar refractivity (Wildman–Crippen MR) is 102 cm³/mol. The first-order chi connectivity index (χ1) is 13.5. The largest absolute Gasteiger partial charge is 0.493 e. The quantitative estimate of drug-likeness (QED) is 0.290. The summed E-state index contributed by atoms with van der Waals surface area (Å²) in [5.74, 6) is -0.0756. The molecule has 0 amide bonds. The fourth-order valence-corrected chi connectivity index (χ4v) is 2.36. The van der Waals surface area contributed by atoms with E-state index in [9.17, 15) is 14.9 Å². The van der Waals surface area contributed by atoms with Gasteiger partial charge in [-0.05, 0) is 30.7 Å². The van der Waals surface area contributed by atoms with E-state index in [2.05, 4.69) is 15.5 Å². The lowest BCUT2D eigenvalue weighted by molar-refractivity contribution is -0.384. The van der Waals surface area contributed by atoms with Gasteiger partial charge >= 0.3 is 11.7 Å². The van der Waals surface area contributed by atoms with Gasteiger partial charge in [-0.2, -0.15) is 5.10 Å². The second kappa shape index (κ2) is 10.1. The number of pyridine rings is 1. The second-order valence-electron chi connectivity index (χ2n) is 5.13. The Hall–Kier alpha value is -3.40. The third-order valence-electron chi connectivity index (χ3n) is 3.26. The number of nitrogens with zero attached hydrogens (tertiary/aromatic N) is 3. The van der Waals surface area contributed by atoms with Gasteiger partial charge in [0.1, 0.15) is 0 Å². The minimum atomic E-state index is -0.569. The number of methoxy groups -OCH3 is 1. The van der Waals surface area contributed by atoms with Crippen LogP contribution in [0.2, 0.25) is 5.02 Å². The molecule has 1 N–H and O–H groups in total. The summed E-state index contributed by atoms with van der Waals surface area (Å²) >= 11 is 6.20. The number of hydrogen-bond donors (Lipinski definition) is 1. The molecule has 0 radical (unpaired) electrons. The average molecular weight is 409 g/mol. The van der Waals surface area contributed by atoms with Gasteiger partial charge in [-0.25, -0.2) is 9.78 Å². The summed E-state index contributed by atoms with van der Waals surface area (Å²) < 4.78 is 15.4. The molecule has 1 heterocycles. The lowest BCUT2D eigenvalue weighted by atomic mass is 10.2. The van der Waals surface area contributed by atoms with E-state index in [0.29, 0.717) is 5.56 Å². The van der Waals surface area contributed by atoms with Gasteiger partial charge in [0.2, 0.25) is 5.82 Å². The second-order valence-corrected chi connectivity index (χ2v) is 5.53. The van der Waals surface area contributed by atoms with Gasteiger partial charge < -0.3 is 14.2 Å². The molecule has 0 aliphatic heterocycles. The number of rotatable bonds is 9. The number of nitro groups is 1. The monoisotopic (exact) mass is 408 g/mol. The number of anilines is 1. The van der Waals surface area contributed by atoms with Gasteiger partial charge in [-0.3, -0.25) is 15.5 Å². The van der Waals surface area contributed by atoms with E-state index in [1.165, 1.54) is 37.7 Å². The molecule has 2 aromatic rings. The summed E-state index contributed by atoms with van der Waals surface area (Å²) in [7, 11) is 1.42. The molecule has 0 aliphatic carbocycles. The van der Waals surface area contributed by atoms with Gasteiger partial charge in [0.05, 0.1) is 29.9 Å². The van der Waals surface area contributed by atoms with Crippen LogP contribution in [0.1, 0.15) is 12.5 Å². The Morgan fingerprint density at radius 2 is 2.25 bits per heavy atom. The summed E-state index contributed by atoms with van der Waals surface area (Å²) in [4.78, 5) is 25.7. The van der Waals surface area contributed by atoms with Crippen LogP contribution in [0.25, 0.3) is 0 Å². The lowest BCUT2D eigenvalue weighted by Gasteiger charge is -2.12. The van der Waals surface area contributed by atoms with Crippen molar-refractivity contribution in [1.29, 1.82) is 0 Å². The van der Waals surface area contributed by atoms with E-state index in [0.717, 1.165) is 0 Å². The summed E-state index contributed by atoms with van der Waals surface area (Å²) in [6.07, 6.45) is 2.78. The topological polar surface area (TPSA) is 125 Å². The van der Waals surface area contributed by atoms with Crippen molar-refractivity contribution in [3.05, 3.63) is 51.2 Å². The van der Waals surface area contributed by atoms with Gasteiger partial charge in [0.15, 0.2) is 18.1 Å². The van der Waals surface area contributed by atoms with E-state index in [-0.39, 0.29) is 41.2 Å². The summed E-state index contributed by atoms with van der Waals surface area (Å²) in [5, 5.41) is 15.1. The van der Waals surface area contributed by atoms with E-state index in [1.54, 1.807) is 13.0 Å². The molecule has 2 rings (SSSR count). The molecule has 0 bridgehead atoms. The van der Waals surface area contributed by atoms with E-state index < -0.39 is 10.9 Å². The SMILES string of the molecule is CCOC(=O)COc1c(Cl)cc(/C=N\Nc2ncccc2[N+](=O)[O-])cc1OC. The number of ether oxygens (including phenoxy) is 3. The highest BCUT2D eigenvalue weighted by Gasteiger charge is 2.15. The summed E-state index contributed by atoms with van der Waals surface area (Å²) in [5.41, 5.74) is 2.82. The van der Waals surface area contributed by atoms with Crippen molar-refractivity contribution >= 4 is 35.3 Å². The zero-order chi connectivity index (χ0) is 20.5. The Kier molecular flexibility index (Phi) is 7.52. The van der Waals surface area contributed by atoms with Crippen LogP contribution in [0.3, 0.4) is 0 Å². The number of esters is 1. The number of hydrazone groups is 1. The van der Waals surface area contributed by atoms with Crippen LogP contribution in [0.5, 0.6) is 11.5 Å². The molecule has 11 heteroatoms. The molecule has 28 heavy (non-hydrogen) atoms. The van der Waals surface area contributed by atoms with Crippen molar-refractivity contribution in [3.8, 4) is 11.5 Å². The predicted octanol–water partition coefficient (Wildman–Crippen LogP) is 3.04. The van der Waals surface area contributed by atoms with Crippen LogP contribution in [0.4, 0.5) is 11.5 Å². The standard InChI is InChI=1S/C17H17ClN4O6/c1-3-27-15(23)10-28-16-12(18)7-11(8-14(16)26-2)9-20-21-17-13(22(24)25)5-4-6-19-17/h4-9H,3,10H2,1-2H3,(H,19,21)/b20-9-. The maximum Gasteiger partial charge on any atom is 0.344 e. The molecule has 0 spiro atoms. The van der Waals surface area contributed by atoms with Crippen LogP contribution in [0, 0.1) is 10.1 Å². The molecule has 1 aromatic heterocycles. The van der Waals surface area contributed by atoms with Gasteiger partial charge in [0.25, 0.3) is 0 Å². The van der Waals surface area contributed by atoms with Gasteiger partial charge in [0, 0.05) is 12.3 Å². The molecule has 148 valence electrons. The zero-order valence-electron chi connectivity index (χ0n) is 15.0. The molecule has 0 unspecified atom stereocenters. The Morgan fingerprint density at radius 1 is 1.46 bits per heavy atom. The highest BCUT2D eigenvalue weighted by Crippen LogP contribution is 2.36. The smallest absolute Gasteiger partial charge is 0.344 e. The molecule has 0 atom stereocenters. The molecular formula is C17H17ClN4O6. The van der Waals surface area contributed by atoms with Crippen molar-refractivity contribution < 1.29 is 23.9 Å². The highest BCUT2D eigenvalue weighted by molar-refractivity contribution is 6.32. The van der Waals surface area contributed by atoms with Gasteiger partial charge in [-0.15, -0.1) is 0 Å². The van der Waals surface area contributed by atoms with Crippen LogP contribution in [-0.2, 0) is 9.53 Å². The summed E-state index contributed by atoms with van der Waals surface area (Å²) in [6.45, 7) is 1.61. The van der Waals surface area contributed by atoms with Gasteiger partial charge in [-0.1, -0.05) is 11.6 Å². The molecule has 0 fully saturated rings. The number of aromatic nitrogens is 1. The number of carbonyl (C=O) groups is 1. The first kappa shape index (κ1) is 20.9. The van der Waals surface area contributed by atoms with Crippen molar-refractivity contribution in [2.45, 2.75) is 6.92 Å². The lowest BCUT2D eigenvalue weighted by Crippen LogP contribution is -2.15. The molecule has 0 saturated heterocycles. The minimum Gasteiger partial charge on any atom is -0.493 e. The van der Waals surface area contributed by atoms with Crippen molar-refractivity contribution in [2.24, 2.45) is 5.10 Å². The molecular weight excluding hydrogens is 392 g/mol. The summed E-state index contributed by atoms with van der Waals surface area (Å²) in [6, 6.07) is 5.86. The number of hydrogen-bond acceptors (Lipinski definition) is 9. The number of benzene rings is 1. The van der Waals surface area contributed by atoms with Crippen molar-refractivity contribution in [3.63, 3.8) is 0 Å². The number of nitrogens with one attached hydrogen (secondary N) is 1. The Balaban J connectivity index is 2.14. The van der Waals surface area contributed by atoms with Crippen molar-refractivity contribution in [1.82, 2.24) is 4.98 Å². The highest BCUT2D eigenvalue weighted by atomic mass is 35.5. The maximum absolute atomic E-state index is 11.4. The number of carbonyl (C=O) groups excluding carboxylic acids is 1. The molecule has 1 aromatic carbocycles. The Morgan fingerprint density at radius 3 is 2.93 bits per heavy atom. The number of halogens is 1. The fraction of sp³-hybridized carbons (Fsp3) is 0.235. The fourth-order valence-electron chi connectivity index (χ4n) is 2.09. The van der Waals surface area contributed by atoms with Crippen molar-refractivity contribution in [2.75, 3.05) is 25.7 Å². The van der Waals surface area contributed by atoms with Crippen LogP contribution in [0.15, 0.2) is 35.6 Å². The Bertz CT molecular complexity index is 890. The van der Waals surface area contributed by atoms with Crippen LogP contribution >= 0.6 is 11.6 Å².